The molecule has 4 aromatic rings. The Morgan fingerprint density at radius 2 is 1.61 bits per heavy atom. The molecular weight excluding hydrogens is 680 g/mol. The Bertz CT molecular complexity index is 1340. The maximum atomic E-state index is 13.7. The molecule has 1 amide bonds. The number of hydrogen-bond acceptors (Lipinski definition) is 4. The first-order valence-electron chi connectivity index (χ1n) is 11.9. The van der Waals surface area contributed by atoms with Crippen LogP contribution in [0.3, 0.4) is 0 Å². The fraction of sp³-hybridized carbons (Fsp3) is 0.241. The third-order valence-electron chi connectivity index (χ3n) is 5.92. The van der Waals surface area contributed by atoms with Crippen molar-refractivity contribution in [3.63, 3.8) is 0 Å². The van der Waals surface area contributed by atoms with Crippen LogP contribution < -0.4 is 10.5 Å². The molecule has 186 valence electrons. The fourth-order valence-corrected chi connectivity index (χ4v) is 6.10. The Labute approximate surface area is 238 Å². The van der Waals surface area contributed by atoms with Gasteiger partial charge in [-0.15, -0.1) is 0 Å². The third-order valence-corrected chi connectivity index (χ3v) is 7.16. The molecule has 3 aromatic carbocycles. The molecule has 1 aromatic heterocycles. The molecule has 0 aliphatic heterocycles. The van der Waals surface area contributed by atoms with Gasteiger partial charge in [0.25, 0.3) is 0 Å². The van der Waals surface area contributed by atoms with Crippen LogP contribution in [0.1, 0.15) is 52.9 Å². The first kappa shape index (κ1) is 26.7. The number of benzene rings is 3. The van der Waals surface area contributed by atoms with Crippen LogP contribution >= 0.6 is 45.2 Å². The molecule has 36 heavy (non-hydrogen) atoms. The minimum atomic E-state index is -0.289. The summed E-state index contributed by atoms with van der Waals surface area (Å²) in [6.07, 6.45) is 4.16. The van der Waals surface area contributed by atoms with Gasteiger partial charge in [0.05, 0.1) is 12.2 Å². The summed E-state index contributed by atoms with van der Waals surface area (Å²) < 4.78 is 14.3. The number of amides is 1. The molecule has 5 nitrogen and oxygen atoms in total. The van der Waals surface area contributed by atoms with E-state index in [0.29, 0.717) is 47.7 Å². The number of halogens is 2. The Morgan fingerprint density at radius 1 is 0.861 bits per heavy atom. The number of ketones is 1. The Kier molecular flexibility index (Phi) is 9.41. The largest absolute Gasteiger partial charge is 0.493 e. The van der Waals surface area contributed by atoms with E-state index < -0.39 is 0 Å². The highest BCUT2D eigenvalue weighted by Crippen LogP contribution is 2.33. The van der Waals surface area contributed by atoms with Gasteiger partial charge in [-0.3, -0.25) is 9.59 Å². The molecule has 0 radical (unpaired) electrons. The summed E-state index contributed by atoms with van der Waals surface area (Å²) >= 11 is 4.46. The molecule has 0 unspecified atom stereocenters. The molecule has 0 bridgehead atoms. The van der Waals surface area contributed by atoms with Gasteiger partial charge in [0, 0.05) is 43.4 Å². The lowest BCUT2D eigenvalue weighted by Crippen LogP contribution is -2.09. The summed E-state index contributed by atoms with van der Waals surface area (Å²) in [5, 5.41) is 0.788. The molecule has 2 N–H and O–H groups in total. The normalized spacial score (nSPS) is 11.1. The van der Waals surface area contributed by atoms with E-state index in [1.807, 2.05) is 54.6 Å². The number of fused-ring (bicyclic) bond motifs is 1. The zero-order valence-corrected chi connectivity index (χ0v) is 24.1. The number of rotatable bonds is 12. The van der Waals surface area contributed by atoms with Crippen LogP contribution in [0.15, 0.2) is 71.1 Å². The van der Waals surface area contributed by atoms with Crippen molar-refractivity contribution in [1.82, 2.24) is 0 Å². The van der Waals surface area contributed by atoms with E-state index in [4.69, 9.17) is 14.9 Å². The number of unbranched alkanes of at least 4 members (excludes halogenated alkanes) is 2. The second kappa shape index (κ2) is 12.7. The van der Waals surface area contributed by atoms with Crippen LogP contribution in [0.4, 0.5) is 0 Å². The van der Waals surface area contributed by atoms with Crippen LogP contribution in [-0.4, -0.2) is 18.3 Å². The number of aryl methyl sites for hydroxylation is 1. The van der Waals surface area contributed by atoms with Gasteiger partial charge in [0.1, 0.15) is 17.1 Å². The fourth-order valence-electron chi connectivity index (χ4n) is 4.16. The Balaban J connectivity index is 1.58. The van der Waals surface area contributed by atoms with Crippen molar-refractivity contribution in [2.45, 2.75) is 38.5 Å². The number of furan rings is 1. The molecule has 0 atom stereocenters. The first-order chi connectivity index (χ1) is 17.4. The Hall–Kier alpha value is -2.40. The summed E-state index contributed by atoms with van der Waals surface area (Å²) in [4.78, 5) is 24.7. The standard InChI is InChI=1S/C29H27I2NO4/c30-21-15-20(16-22(31)17-21)29(34)28-24-12-11-23(35-14-13-19-7-3-1-4-8-19)18-26(24)36-25(28)9-5-2-6-10-27(32)33/h1,3-4,7-8,11-12,15-18H,2,5-6,9-10,13-14H2,(H2,32,33). The van der Waals surface area contributed by atoms with Gasteiger partial charge >= 0.3 is 0 Å². The molecule has 0 fully saturated rings. The van der Waals surface area contributed by atoms with Gasteiger partial charge in [-0.1, -0.05) is 36.8 Å². The van der Waals surface area contributed by atoms with Crippen LogP contribution in [0, 0.1) is 7.14 Å². The van der Waals surface area contributed by atoms with Gasteiger partial charge in [-0.05, 0) is 93.9 Å². The lowest BCUT2D eigenvalue weighted by atomic mass is 9.98. The number of primary amides is 1. The summed E-state index contributed by atoms with van der Waals surface area (Å²) in [5.74, 6) is 1.05. The summed E-state index contributed by atoms with van der Waals surface area (Å²) in [5.41, 5.74) is 8.37. The second-order valence-electron chi connectivity index (χ2n) is 8.66. The molecular formula is C29H27I2NO4. The third kappa shape index (κ3) is 7.09. The van der Waals surface area contributed by atoms with E-state index in [1.54, 1.807) is 0 Å². The van der Waals surface area contributed by atoms with E-state index in [1.165, 1.54) is 5.56 Å². The maximum Gasteiger partial charge on any atom is 0.217 e. The summed E-state index contributed by atoms with van der Waals surface area (Å²) in [6.45, 7) is 0.551. The van der Waals surface area contributed by atoms with Gasteiger partial charge in [0.15, 0.2) is 5.78 Å². The molecule has 0 aliphatic rings. The number of ether oxygens (including phenoxy) is 1. The molecule has 7 heteroatoms. The molecule has 4 rings (SSSR count). The average Bonchev–Trinajstić information content (AvgIpc) is 3.20. The van der Waals surface area contributed by atoms with Gasteiger partial charge in [-0.2, -0.15) is 0 Å². The monoisotopic (exact) mass is 707 g/mol. The van der Waals surface area contributed by atoms with Crippen molar-refractivity contribution in [1.29, 1.82) is 0 Å². The average molecular weight is 707 g/mol. The van der Waals surface area contributed by atoms with E-state index in [9.17, 15) is 9.59 Å². The molecule has 0 saturated heterocycles. The van der Waals surface area contributed by atoms with Crippen molar-refractivity contribution in [2.24, 2.45) is 5.73 Å². The zero-order chi connectivity index (χ0) is 25.5. The number of carbonyl (C=O) groups excluding carboxylic acids is 2. The lowest BCUT2D eigenvalue weighted by Gasteiger charge is -2.07. The topological polar surface area (TPSA) is 82.5 Å². The SMILES string of the molecule is NC(=O)CCCCCc1oc2cc(OCCc3ccccc3)ccc2c1C(=O)c1cc(I)cc(I)c1. The summed E-state index contributed by atoms with van der Waals surface area (Å²) in [6, 6.07) is 21.7. The van der Waals surface area contributed by atoms with Crippen LogP contribution in [0.5, 0.6) is 5.75 Å². The zero-order valence-electron chi connectivity index (χ0n) is 19.8. The summed E-state index contributed by atoms with van der Waals surface area (Å²) in [7, 11) is 0. The lowest BCUT2D eigenvalue weighted by molar-refractivity contribution is -0.118. The first-order valence-corrected chi connectivity index (χ1v) is 14.1. The van der Waals surface area contributed by atoms with Crippen molar-refractivity contribution in [3.05, 3.63) is 96.3 Å². The van der Waals surface area contributed by atoms with Gasteiger partial charge < -0.3 is 14.9 Å². The minimum Gasteiger partial charge on any atom is -0.493 e. The highest BCUT2D eigenvalue weighted by Gasteiger charge is 2.23. The van der Waals surface area contributed by atoms with Gasteiger partial charge in [-0.25, -0.2) is 0 Å². The van der Waals surface area contributed by atoms with Crippen molar-refractivity contribution >= 4 is 67.8 Å². The minimum absolute atomic E-state index is 0.0462. The van der Waals surface area contributed by atoms with Crippen LogP contribution in [0.2, 0.25) is 0 Å². The van der Waals surface area contributed by atoms with E-state index in [0.717, 1.165) is 38.2 Å². The van der Waals surface area contributed by atoms with Crippen LogP contribution in [0.25, 0.3) is 11.0 Å². The number of hydrogen-bond donors (Lipinski definition) is 1. The number of nitrogens with two attached hydrogens (primary N) is 1. The van der Waals surface area contributed by atoms with Crippen molar-refractivity contribution in [3.8, 4) is 5.75 Å². The smallest absolute Gasteiger partial charge is 0.217 e. The van der Waals surface area contributed by atoms with E-state index in [2.05, 4.69) is 57.3 Å². The molecule has 0 aliphatic carbocycles. The predicted octanol–water partition coefficient (Wildman–Crippen LogP) is 7.08. The highest BCUT2D eigenvalue weighted by molar-refractivity contribution is 14.1. The Morgan fingerprint density at radius 3 is 2.33 bits per heavy atom. The maximum absolute atomic E-state index is 13.7. The predicted molar refractivity (Wildman–Crippen MR) is 159 cm³/mol. The quantitative estimate of drug-likeness (QED) is 0.0970. The van der Waals surface area contributed by atoms with Crippen molar-refractivity contribution < 1.29 is 18.7 Å². The molecule has 0 spiro atoms. The van der Waals surface area contributed by atoms with Crippen molar-refractivity contribution in [2.75, 3.05) is 6.61 Å². The highest BCUT2D eigenvalue weighted by atomic mass is 127. The van der Waals surface area contributed by atoms with Crippen LogP contribution in [-0.2, 0) is 17.6 Å². The molecule has 0 saturated carbocycles. The number of carbonyl (C=O) groups is 2. The molecule has 1 heterocycles. The van der Waals surface area contributed by atoms with E-state index >= 15 is 0 Å². The second-order valence-corrected chi connectivity index (χ2v) is 11.1. The van der Waals surface area contributed by atoms with E-state index in [-0.39, 0.29) is 11.7 Å². The van der Waals surface area contributed by atoms with Gasteiger partial charge in [0.2, 0.25) is 5.91 Å².